The number of benzene rings is 1. The highest BCUT2D eigenvalue weighted by atomic mass is 32.2. The maximum atomic E-state index is 10.6. The van der Waals surface area contributed by atoms with Crippen molar-refractivity contribution in [1.29, 1.82) is 0 Å². The molecule has 0 fully saturated rings. The Morgan fingerprint density at radius 3 is 2.00 bits per heavy atom. The third-order valence-corrected chi connectivity index (χ3v) is 5.45. The molecule has 0 aliphatic rings. The van der Waals surface area contributed by atoms with E-state index >= 15 is 0 Å². The van der Waals surface area contributed by atoms with Gasteiger partial charge in [-0.05, 0) is 61.4 Å². The zero-order valence-electron chi connectivity index (χ0n) is 15.4. The van der Waals surface area contributed by atoms with E-state index in [1.807, 2.05) is 6.92 Å². The first-order chi connectivity index (χ1) is 11.6. The molecule has 0 saturated carbocycles. The second-order valence-corrected chi connectivity index (χ2v) is 7.70. The molecule has 0 heterocycles. The zero-order valence-corrected chi connectivity index (χ0v) is 17.0. The summed E-state index contributed by atoms with van der Waals surface area (Å²) in [5, 5.41) is 10.6. The molecule has 136 valence electrons. The Hall–Kier alpha value is -0.580. The van der Waals surface area contributed by atoms with Crippen molar-refractivity contribution in [2.24, 2.45) is 0 Å². The number of thioether (sulfide) groups is 1. The Bertz CT molecular complexity index is 469. The fourth-order valence-electron chi connectivity index (χ4n) is 2.65. The summed E-state index contributed by atoms with van der Waals surface area (Å²) in [4.78, 5) is 0. The average Bonchev–Trinajstić information content (AvgIpc) is 2.58. The molecule has 24 heavy (non-hydrogen) atoms. The monoisotopic (exact) mass is 368 g/mol. The third kappa shape index (κ3) is 7.54. The lowest BCUT2D eigenvalue weighted by atomic mass is 9.97. The second-order valence-electron chi connectivity index (χ2n) is 6.10. The van der Waals surface area contributed by atoms with E-state index in [9.17, 15) is 5.11 Å². The molecule has 0 aliphatic carbocycles. The van der Waals surface area contributed by atoms with E-state index in [0.717, 1.165) is 46.6 Å². The van der Waals surface area contributed by atoms with Gasteiger partial charge in [-0.25, -0.2) is 0 Å². The van der Waals surface area contributed by atoms with Crippen LogP contribution in [0.2, 0.25) is 0 Å². The normalized spacial score (nSPS) is 11.0. The van der Waals surface area contributed by atoms with Gasteiger partial charge in [-0.2, -0.15) is 0 Å². The summed E-state index contributed by atoms with van der Waals surface area (Å²) in [5.41, 5.74) is 3.16. The Morgan fingerprint density at radius 1 is 1.00 bits per heavy atom. The van der Waals surface area contributed by atoms with Crippen molar-refractivity contribution in [3.05, 3.63) is 28.8 Å². The van der Waals surface area contributed by atoms with Gasteiger partial charge in [0, 0.05) is 6.61 Å². The Balaban J connectivity index is 2.92. The minimum absolute atomic E-state index is 0.489. The molecule has 1 aromatic carbocycles. The maximum absolute atomic E-state index is 10.6. The largest absolute Gasteiger partial charge is 0.507 e. The highest BCUT2D eigenvalue weighted by molar-refractivity contribution is 8.23. The summed E-state index contributed by atoms with van der Waals surface area (Å²) < 4.78 is 6.25. The third-order valence-electron chi connectivity index (χ3n) is 4.08. The lowest BCUT2D eigenvalue weighted by Gasteiger charge is -2.14. The number of hydrogen-bond donors (Lipinski definition) is 1. The van der Waals surface area contributed by atoms with Crippen LogP contribution in [-0.4, -0.2) is 21.8 Å². The topological polar surface area (TPSA) is 29.5 Å². The van der Waals surface area contributed by atoms with Crippen LogP contribution in [0, 0.1) is 0 Å². The van der Waals surface area contributed by atoms with Gasteiger partial charge >= 0.3 is 0 Å². The smallest absolute Gasteiger partial charge is 0.121 e. The molecule has 4 heteroatoms. The minimum atomic E-state index is 0.489. The summed E-state index contributed by atoms with van der Waals surface area (Å²) >= 11 is 7.13. The van der Waals surface area contributed by atoms with E-state index in [0.29, 0.717) is 18.3 Å². The summed E-state index contributed by atoms with van der Waals surface area (Å²) in [5.74, 6) is 1.08. The average molecular weight is 369 g/mol. The van der Waals surface area contributed by atoms with Gasteiger partial charge < -0.3 is 9.84 Å². The van der Waals surface area contributed by atoms with Gasteiger partial charge in [0.15, 0.2) is 0 Å². The van der Waals surface area contributed by atoms with Crippen molar-refractivity contribution >= 4 is 28.2 Å². The number of rotatable bonds is 12. The van der Waals surface area contributed by atoms with Gasteiger partial charge in [0.1, 0.15) is 5.75 Å². The highest BCUT2D eigenvalue weighted by Crippen LogP contribution is 2.30. The minimum Gasteiger partial charge on any atom is -0.507 e. The van der Waals surface area contributed by atoms with Crippen molar-refractivity contribution in [3.63, 3.8) is 0 Å². The van der Waals surface area contributed by atoms with Crippen LogP contribution in [-0.2, 0) is 17.6 Å². The number of ether oxygens (including phenoxy) is 1. The van der Waals surface area contributed by atoms with Crippen molar-refractivity contribution in [1.82, 2.24) is 0 Å². The fourth-order valence-corrected chi connectivity index (χ4v) is 3.56. The lowest BCUT2D eigenvalue weighted by molar-refractivity contribution is 0.200. The molecule has 0 spiro atoms. The van der Waals surface area contributed by atoms with E-state index in [-0.39, 0.29) is 0 Å². The van der Waals surface area contributed by atoms with Gasteiger partial charge in [-0.1, -0.05) is 63.5 Å². The fraction of sp³-hybridized carbons (Fsp3) is 0.650. The first kappa shape index (κ1) is 21.5. The Morgan fingerprint density at radius 2 is 1.54 bits per heavy atom. The van der Waals surface area contributed by atoms with Crippen LogP contribution in [0.3, 0.4) is 0 Å². The maximum Gasteiger partial charge on any atom is 0.121 e. The highest BCUT2D eigenvalue weighted by Gasteiger charge is 2.13. The number of aromatic hydroxyl groups is 1. The molecule has 1 N–H and O–H groups in total. The summed E-state index contributed by atoms with van der Waals surface area (Å²) in [6.45, 7) is 7.09. The van der Waals surface area contributed by atoms with Crippen molar-refractivity contribution in [2.75, 3.05) is 12.5 Å². The number of aryl methyl sites for hydroxylation is 2. The van der Waals surface area contributed by atoms with Crippen molar-refractivity contribution < 1.29 is 9.84 Å². The Kier molecular flexibility index (Phi) is 11.4. The van der Waals surface area contributed by atoms with Crippen LogP contribution in [0.25, 0.3) is 0 Å². The summed E-state index contributed by atoms with van der Waals surface area (Å²) in [7, 11) is 0. The van der Waals surface area contributed by atoms with Gasteiger partial charge in [0.05, 0.1) is 10.1 Å². The molecule has 0 unspecified atom stereocenters. The Labute approximate surface area is 157 Å². The number of phenols is 1. The number of phenolic OH excluding ortho intramolecular Hbond substituents is 1. The van der Waals surface area contributed by atoms with Gasteiger partial charge in [0.25, 0.3) is 0 Å². The van der Waals surface area contributed by atoms with Gasteiger partial charge in [-0.15, -0.1) is 0 Å². The molecule has 0 aromatic heterocycles. The van der Waals surface area contributed by atoms with Crippen LogP contribution in [0.15, 0.2) is 12.1 Å². The van der Waals surface area contributed by atoms with E-state index in [1.54, 1.807) is 11.8 Å². The van der Waals surface area contributed by atoms with E-state index < -0.39 is 0 Å². The first-order valence-corrected chi connectivity index (χ1v) is 10.6. The molecule has 0 radical (unpaired) electrons. The van der Waals surface area contributed by atoms with Crippen molar-refractivity contribution in [2.45, 2.75) is 72.1 Å². The molecule has 2 nitrogen and oxygen atoms in total. The lowest BCUT2D eigenvalue weighted by Crippen LogP contribution is -2.01. The predicted molar refractivity (Wildman–Crippen MR) is 110 cm³/mol. The van der Waals surface area contributed by atoms with E-state index in [2.05, 4.69) is 26.0 Å². The molecular weight excluding hydrogens is 336 g/mol. The molecular formula is C20H32O2S2. The molecule has 0 aliphatic heterocycles. The van der Waals surface area contributed by atoms with Gasteiger partial charge in [-0.3, -0.25) is 0 Å². The van der Waals surface area contributed by atoms with Crippen LogP contribution >= 0.6 is 24.0 Å². The number of unbranched alkanes of at least 4 members (excludes halogenated alkanes) is 4. The summed E-state index contributed by atoms with van der Waals surface area (Å²) in [6.07, 6.45) is 8.83. The first-order valence-electron chi connectivity index (χ1n) is 9.23. The standard InChI is InChI=1S/C20H32O2S2/c1-4-7-9-11-16-13-18(20(23)24-15-22-6-3)14-17(19(16)21)12-10-8-5-2/h13-14,21H,4-12,15H2,1-3H3. The number of hydrogen-bond acceptors (Lipinski definition) is 4. The molecule has 0 atom stereocenters. The van der Waals surface area contributed by atoms with Crippen LogP contribution < -0.4 is 0 Å². The van der Waals surface area contributed by atoms with Crippen molar-refractivity contribution in [3.8, 4) is 5.75 Å². The number of thiocarbonyl (C=S) groups is 1. The molecule has 0 amide bonds. The molecule has 0 bridgehead atoms. The molecule has 1 aromatic rings. The predicted octanol–water partition coefficient (Wildman–Crippen LogP) is 6.26. The molecule has 1 rings (SSSR count). The van der Waals surface area contributed by atoms with Gasteiger partial charge in [0.2, 0.25) is 0 Å². The van der Waals surface area contributed by atoms with E-state index in [1.165, 1.54) is 25.7 Å². The van der Waals surface area contributed by atoms with Crippen LogP contribution in [0.1, 0.15) is 76.0 Å². The quantitative estimate of drug-likeness (QED) is 0.268. The second kappa shape index (κ2) is 12.7. The summed E-state index contributed by atoms with van der Waals surface area (Å²) in [6, 6.07) is 4.16. The van der Waals surface area contributed by atoms with Crippen LogP contribution in [0.4, 0.5) is 0 Å². The van der Waals surface area contributed by atoms with E-state index in [4.69, 9.17) is 17.0 Å². The zero-order chi connectivity index (χ0) is 17.8. The SMILES string of the molecule is CCCCCc1cc(C(=S)SCOCC)cc(CCCCC)c1O. The molecule has 0 saturated heterocycles. The van der Waals surface area contributed by atoms with Crippen LogP contribution in [0.5, 0.6) is 5.75 Å².